The summed E-state index contributed by atoms with van der Waals surface area (Å²) in [6.45, 7) is 0.732. The Morgan fingerprint density at radius 3 is 2.94 bits per heavy atom. The highest BCUT2D eigenvalue weighted by atomic mass is 16.6. The number of anilines is 1. The summed E-state index contributed by atoms with van der Waals surface area (Å²) in [4.78, 5) is 22.8. The van der Waals surface area contributed by atoms with Crippen molar-refractivity contribution in [1.29, 1.82) is 0 Å². The molecule has 6 nitrogen and oxygen atoms in total. The second-order valence-corrected chi connectivity index (χ2v) is 3.58. The van der Waals surface area contributed by atoms with E-state index in [1.807, 2.05) is 0 Å². The van der Waals surface area contributed by atoms with Gasteiger partial charge >= 0.3 is 5.97 Å². The van der Waals surface area contributed by atoms with E-state index in [-0.39, 0.29) is 18.2 Å². The number of hydrogen-bond acceptors (Lipinski definition) is 5. The summed E-state index contributed by atoms with van der Waals surface area (Å²) in [5.74, 6) is -0.457. The molecule has 1 saturated heterocycles. The van der Waals surface area contributed by atoms with Crippen LogP contribution in [-0.2, 0) is 20.8 Å². The molecule has 0 saturated carbocycles. The minimum atomic E-state index is -0.457. The number of aromatic nitrogens is 1. The number of rotatable bonds is 3. The molecule has 0 radical (unpaired) electrons. The Labute approximate surface area is 91.6 Å². The second-order valence-electron chi connectivity index (χ2n) is 3.58. The van der Waals surface area contributed by atoms with Gasteiger partial charge in [0.15, 0.2) is 0 Å². The Morgan fingerprint density at radius 2 is 2.31 bits per heavy atom. The molecule has 86 valence electrons. The topological polar surface area (TPSA) is 83.6 Å². The molecule has 0 aliphatic carbocycles. The molecule has 0 spiro atoms. The van der Waals surface area contributed by atoms with Gasteiger partial charge in [-0.15, -0.1) is 0 Å². The summed E-state index contributed by atoms with van der Waals surface area (Å²) in [5, 5.41) is 0. The molecule has 2 rings (SSSR count). The predicted molar refractivity (Wildman–Crippen MR) is 55.8 cm³/mol. The lowest BCUT2D eigenvalue weighted by Gasteiger charge is -2.25. The van der Waals surface area contributed by atoms with Gasteiger partial charge in [0.2, 0.25) is 0 Å². The number of nitrogens with zero attached hydrogens (tertiary/aromatic N) is 1. The summed E-state index contributed by atoms with van der Waals surface area (Å²) in [7, 11) is 0. The van der Waals surface area contributed by atoms with Gasteiger partial charge in [0.05, 0.1) is 13.2 Å². The number of esters is 1. The molecule has 2 heterocycles. The maximum Gasteiger partial charge on any atom is 0.326 e. The van der Waals surface area contributed by atoms with E-state index in [0.29, 0.717) is 18.9 Å². The van der Waals surface area contributed by atoms with E-state index in [1.54, 1.807) is 0 Å². The maximum atomic E-state index is 11.4. The van der Waals surface area contributed by atoms with Gasteiger partial charge in [0.25, 0.3) is 5.56 Å². The lowest BCUT2D eigenvalue weighted by Crippen LogP contribution is -2.39. The van der Waals surface area contributed by atoms with Crippen molar-refractivity contribution < 1.29 is 14.3 Å². The monoisotopic (exact) mass is 224 g/mol. The van der Waals surface area contributed by atoms with Crippen molar-refractivity contribution in [3.05, 3.63) is 28.7 Å². The Morgan fingerprint density at radius 1 is 1.56 bits per heavy atom. The third-order valence-electron chi connectivity index (χ3n) is 2.21. The van der Waals surface area contributed by atoms with Crippen LogP contribution < -0.4 is 11.3 Å². The van der Waals surface area contributed by atoms with Gasteiger partial charge in [0, 0.05) is 18.0 Å². The number of carbonyl (C=O) groups excluding carboxylic acids is 1. The summed E-state index contributed by atoms with van der Waals surface area (Å²) in [6.07, 6.45) is 1.24. The molecule has 0 amide bonds. The second kappa shape index (κ2) is 4.36. The van der Waals surface area contributed by atoms with E-state index in [2.05, 4.69) is 0 Å². The van der Waals surface area contributed by atoms with Crippen molar-refractivity contribution >= 4 is 11.7 Å². The van der Waals surface area contributed by atoms with Gasteiger partial charge in [0.1, 0.15) is 12.6 Å². The highest BCUT2D eigenvalue weighted by molar-refractivity contribution is 5.69. The molecule has 1 aliphatic heterocycles. The van der Waals surface area contributed by atoms with Crippen LogP contribution in [0.15, 0.2) is 23.1 Å². The maximum absolute atomic E-state index is 11.4. The fourth-order valence-electron chi connectivity index (χ4n) is 1.32. The molecule has 2 N–H and O–H groups in total. The third kappa shape index (κ3) is 2.40. The molecule has 0 atom stereocenters. The fourth-order valence-corrected chi connectivity index (χ4v) is 1.32. The average molecular weight is 224 g/mol. The standard InChI is InChI=1S/C10H12N2O4/c11-7-1-2-9(13)12(3-7)4-10(14)16-8-5-15-6-8/h1-3,8H,4-6,11H2. The lowest BCUT2D eigenvalue weighted by atomic mass is 10.3. The van der Waals surface area contributed by atoms with Crippen molar-refractivity contribution in [2.24, 2.45) is 0 Å². The number of nitrogen functional groups attached to an aromatic ring is 1. The van der Waals surface area contributed by atoms with E-state index >= 15 is 0 Å². The first-order valence-electron chi connectivity index (χ1n) is 4.88. The molecule has 0 unspecified atom stereocenters. The predicted octanol–water partition coefficient (Wildman–Crippen LogP) is -0.627. The summed E-state index contributed by atoms with van der Waals surface area (Å²) in [6, 6.07) is 2.80. The quantitative estimate of drug-likeness (QED) is 0.691. The number of pyridine rings is 1. The molecule has 16 heavy (non-hydrogen) atoms. The fraction of sp³-hybridized carbons (Fsp3) is 0.400. The molecule has 0 bridgehead atoms. The van der Waals surface area contributed by atoms with E-state index in [4.69, 9.17) is 15.2 Å². The SMILES string of the molecule is Nc1ccc(=O)n(CC(=O)OC2COC2)c1. The van der Waals surface area contributed by atoms with Crippen LogP contribution in [0.4, 0.5) is 5.69 Å². The first-order valence-corrected chi connectivity index (χ1v) is 4.88. The van der Waals surface area contributed by atoms with E-state index in [9.17, 15) is 9.59 Å². The average Bonchev–Trinajstić information content (AvgIpc) is 2.18. The molecule has 1 aliphatic rings. The van der Waals surface area contributed by atoms with Crippen LogP contribution in [0.1, 0.15) is 0 Å². The van der Waals surface area contributed by atoms with Crippen molar-refractivity contribution in [3.8, 4) is 0 Å². The van der Waals surface area contributed by atoms with Crippen LogP contribution in [0.5, 0.6) is 0 Å². The molecular formula is C10H12N2O4. The molecular weight excluding hydrogens is 212 g/mol. The highest BCUT2D eigenvalue weighted by Crippen LogP contribution is 2.06. The van der Waals surface area contributed by atoms with Gasteiger partial charge in [-0.05, 0) is 6.07 Å². The van der Waals surface area contributed by atoms with Crippen LogP contribution in [0.2, 0.25) is 0 Å². The largest absolute Gasteiger partial charge is 0.456 e. The van der Waals surface area contributed by atoms with E-state index in [0.717, 1.165) is 0 Å². The number of hydrogen-bond donors (Lipinski definition) is 1. The Balaban J connectivity index is 1.99. The number of carbonyl (C=O) groups is 1. The van der Waals surface area contributed by atoms with Crippen LogP contribution in [0, 0.1) is 0 Å². The Hall–Kier alpha value is -1.82. The smallest absolute Gasteiger partial charge is 0.326 e. The lowest BCUT2D eigenvalue weighted by molar-refractivity contribution is -0.172. The summed E-state index contributed by atoms with van der Waals surface area (Å²) in [5.41, 5.74) is 5.66. The van der Waals surface area contributed by atoms with Gasteiger partial charge in [-0.3, -0.25) is 9.59 Å². The van der Waals surface area contributed by atoms with E-state index in [1.165, 1.54) is 22.9 Å². The van der Waals surface area contributed by atoms with Crippen LogP contribution in [0.25, 0.3) is 0 Å². The molecule has 0 aromatic carbocycles. The minimum absolute atomic E-state index is 0.125. The zero-order valence-electron chi connectivity index (χ0n) is 8.59. The minimum Gasteiger partial charge on any atom is -0.456 e. The summed E-state index contributed by atoms with van der Waals surface area (Å²) >= 11 is 0. The first kappa shape index (κ1) is 10.7. The zero-order valence-corrected chi connectivity index (χ0v) is 8.59. The van der Waals surface area contributed by atoms with Gasteiger partial charge in [-0.1, -0.05) is 0 Å². The zero-order chi connectivity index (χ0) is 11.5. The van der Waals surface area contributed by atoms with E-state index < -0.39 is 5.97 Å². The van der Waals surface area contributed by atoms with Crippen molar-refractivity contribution in [2.75, 3.05) is 18.9 Å². The molecule has 1 fully saturated rings. The molecule has 1 aromatic heterocycles. The van der Waals surface area contributed by atoms with Crippen LogP contribution in [0.3, 0.4) is 0 Å². The number of nitrogens with two attached hydrogens (primary N) is 1. The van der Waals surface area contributed by atoms with Crippen molar-refractivity contribution in [2.45, 2.75) is 12.6 Å². The third-order valence-corrected chi connectivity index (χ3v) is 2.21. The first-order chi connectivity index (χ1) is 7.65. The van der Waals surface area contributed by atoms with Gasteiger partial charge in [-0.25, -0.2) is 0 Å². The molecule has 1 aromatic rings. The van der Waals surface area contributed by atoms with Crippen LogP contribution >= 0.6 is 0 Å². The Bertz CT molecular complexity index is 450. The van der Waals surface area contributed by atoms with Crippen molar-refractivity contribution in [1.82, 2.24) is 4.57 Å². The van der Waals surface area contributed by atoms with Gasteiger partial charge in [-0.2, -0.15) is 0 Å². The Kier molecular flexibility index (Phi) is 2.91. The van der Waals surface area contributed by atoms with Gasteiger partial charge < -0.3 is 19.8 Å². The highest BCUT2D eigenvalue weighted by Gasteiger charge is 2.22. The normalized spacial score (nSPS) is 15.5. The van der Waals surface area contributed by atoms with Crippen LogP contribution in [-0.4, -0.2) is 29.9 Å². The van der Waals surface area contributed by atoms with Crippen molar-refractivity contribution in [3.63, 3.8) is 0 Å². The summed E-state index contributed by atoms with van der Waals surface area (Å²) < 4.78 is 11.1. The number of ether oxygens (including phenoxy) is 2. The molecule has 6 heteroatoms.